The molecule has 0 radical (unpaired) electrons. The van der Waals surface area contributed by atoms with Crippen molar-refractivity contribution in [1.82, 2.24) is 0 Å². The first-order valence-electron chi connectivity index (χ1n) is 6.33. The molecule has 0 aliphatic heterocycles. The molecule has 0 fully saturated rings. The normalized spacial score (nSPS) is 11.3. The summed E-state index contributed by atoms with van der Waals surface area (Å²) < 4.78 is 38.9. The summed E-state index contributed by atoms with van der Waals surface area (Å²) in [4.78, 5) is 12.3. The van der Waals surface area contributed by atoms with Crippen molar-refractivity contribution in [2.75, 3.05) is 5.32 Å². The van der Waals surface area contributed by atoms with Crippen LogP contribution in [0.2, 0.25) is 0 Å². The minimum absolute atomic E-state index is 0.161. The highest BCUT2D eigenvalue weighted by atomic mass is 19.2. The van der Waals surface area contributed by atoms with Crippen LogP contribution in [0, 0.1) is 17.5 Å². The minimum Gasteiger partial charge on any atom is -0.325 e. The molecule has 21 heavy (non-hydrogen) atoms. The standard InChI is InChI=1S/C16H14F3NO/c1-16(2,10-3-5-11(17)6-4-10)15(21)20-12-7-8-13(18)14(19)9-12/h3-9H,1-2H3,(H,20,21). The van der Waals surface area contributed by atoms with Crippen LogP contribution in [0.1, 0.15) is 19.4 Å². The smallest absolute Gasteiger partial charge is 0.234 e. The molecule has 0 unspecified atom stereocenters. The lowest BCUT2D eigenvalue weighted by atomic mass is 9.83. The van der Waals surface area contributed by atoms with E-state index in [1.54, 1.807) is 13.8 Å². The number of hydrogen-bond acceptors (Lipinski definition) is 1. The largest absolute Gasteiger partial charge is 0.325 e. The molecule has 110 valence electrons. The van der Waals surface area contributed by atoms with Crippen LogP contribution in [0.5, 0.6) is 0 Å². The quantitative estimate of drug-likeness (QED) is 0.910. The molecule has 2 rings (SSSR count). The number of hydrogen-bond donors (Lipinski definition) is 1. The zero-order chi connectivity index (χ0) is 15.6. The minimum atomic E-state index is -1.03. The molecule has 0 aliphatic carbocycles. The maximum Gasteiger partial charge on any atom is 0.234 e. The van der Waals surface area contributed by atoms with E-state index in [9.17, 15) is 18.0 Å². The van der Waals surface area contributed by atoms with Crippen molar-refractivity contribution in [3.05, 3.63) is 65.5 Å². The summed E-state index contributed by atoms with van der Waals surface area (Å²) >= 11 is 0. The highest BCUT2D eigenvalue weighted by Gasteiger charge is 2.30. The topological polar surface area (TPSA) is 29.1 Å². The molecule has 0 heterocycles. The van der Waals surface area contributed by atoms with E-state index < -0.39 is 28.8 Å². The van der Waals surface area contributed by atoms with Gasteiger partial charge in [-0.05, 0) is 43.7 Å². The summed E-state index contributed by atoms with van der Waals surface area (Å²) in [5.74, 6) is -2.81. The summed E-state index contributed by atoms with van der Waals surface area (Å²) in [5, 5.41) is 2.52. The molecule has 0 atom stereocenters. The zero-order valence-corrected chi connectivity index (χ0v) is 11.6. The van der Waals surface area contributed by atoms with Crippen molar-refractivity contribution >= 4 is 11.6 Å². The van der Waals surface area contributed by atoms with E-state index in [2.05, 4.69) is 5.32 Å². The molecule has 0 saturated heterocycles. The number of carbonyl (C=O) groups excluding carboxylic acids is 1. The Balaban J connectivity index is 2.21. The molecule has 0 aliphatic rings. The van der Waals surface area contributed by atoms with E-state index in [4.69, 9.17) is 0 Å². The summed E-state index contributed by atoms with van der Waals surface area (Å²) in [5.41, 5.74) is -0.170. The number of amides is 1. The monoisotopic (exact) mass is 293 g/mol. The van der Waals surface area contributed by atoms with E-state index in [1.165, 1.54) is 30.3 Å². The average Bonchev–Trinajstić information content (AvgIpc) is 2.43. The van der Waals surface area contributed by atoms with Crippen LogP contribution in [0.4, 0.5) is 18.9 Å². The third-order valence-electron chi connectivity index (χ3n) is 3.31. The van der Waals surface area contributed by atoms with Crippen molar-refractivity contribution in [2.45, 2.75) is 19.3 Å². The number of anilines is 1. The third-order valence-corrected chi connectivity index (χ3v) is 3.31. The van der Waals surface area contributed by atoms with Gasteiger partial charge in [-0.25, -0.2) is 13.2 Å². The number of nitrogens with one attached hydrogen (secondary N) is 1. The van der Waals surface area contributed by atoms with E-state index >= 15 is 0 Å². The number of carbonyl (C=O) groups is 1. The van der Waals surface area contributed by atoms with Gasteiger partial charge in [0.15, 0.2) is 11.6 Å². The zero-order valence-electron chi connectivity index (χ0n) is 11.6. The van der Waals surface area contributed by atoms with Gasteiger partial charge >= 0.3 is 0 Å². The van der Waals surface area contributed by atoms with Crippen molar-refractivity contribution in [3.63, 3.8) is 0 Å². The Morgan fingerprint density at radius 2 is 1.57 bits per heavy atom. The summed E-state index contributed by atoms with van der Waals surface area (Å²) in [7, 11) is 0. The molecule has 2 nitrogen and oxygen atoms in total. The van der Waals surface area contributed by atoms with Crippen LogP contribution in [0.25, 0.3) is 0 Å². The SMILES string of the molecule is CC(C)(C(=O)Nc1ccc(F)c(F)c1)c1ccc(F)cc1. The van der Waals surface area contributed by atoms with Gasteiger partial charge in [-0.2, -0.15) is 0 Å². The molecule has 2 aromatic carbocycles. The van der Waals surface area contributed by atoms with Gasteiger partial charge in [0.25, 0.3) is 0 Å². The van der Waals surface area contributed by atoms with Gasteiger partial charge in [0.2, 0.25) is 5.91 Å². The lowest BCUT2D eigenvalue weighted by Gasteiger charge is -2.24. The van der Waals surface area contributed by atoms with Crippen LogP contribution in [0.3, 0.4) is 0 Å². The predicted octanol–water partition coefficient (Wildman–Crippen LogP) is 4.02. The average molecular weight is 293 g/mol. The summed E-state index contributed by atoms with van der Waals surface area (Å²) in [6, 6.07) is 8.69. The van der Waals surface area contributed by atoms with E-state index in [0.717, 1.165) is 12.1 Å². The summed E-state index contributed by atoms with van der Waals surface area (Å²) in [6.07, 6.45) is 0. The van der Waals surface area contributed by atoms with Gasteiger partial charge in [-0.15, -0.1) is 0 Å². The Morgan fingerprint density at radius 3 is 2.14 bits per heavy atom. The fourth-order valence-corrected chi connectivity index (χ4v) is 1.86. The van der Waals surface area contributed by atoms with Gasteiger partial charge in [0, 0.05) is 11.8 Å². The maximum atomic E-state index is 13.1. The van der Waals surface area contributed by atoms with Gasteiger partial charge in [0.05, 0.1) is 5.41 Å². The van der Waals surface area contributed by atoms with Crippen LogP contribution in [0.15, 0.2) is 42.5 Å². The first kappa shape index (κ1) is 15.1. The molecular weight excluding hydrogens is 279 g/mol. The highest BCUT2D eigenvalue weighted by molar-refractivity contribution is 5.98. The van der Waals surface area contributed by atoms with Gasteiger partial charge in [0.1, 0.15) is 5.82 Å². The van der Waals surface area contributed by atoms with Crippen molar-refractivity contribution < 1.29 is 18.0 Å². The molecular formula is C16H14F3NO. The highest BCUT2D eigenvalue weighted by Crippen LogP contribution is 2.25. The molecule has 0 spiro atoms. The van der Waals surface area contributed by atoms with E-state index in [0.29, 0.717) is 5.56 Å². The lowest BCUT2D eigenvalue weighted by Crippen LogP contribution is -2.34. The van der Waals surface area contributed by atoms with Gasteiger partial charge in [-0.3, -0.25) is 4.79 Å². The van der Waals surface area contributed by atoms with E-state index in [1.807, 2.05) is 0 Å². The van der Waals surface area contributed by atoms with Gasteiger partial charge < -0.3 is 5.32 Å². The number of benzene rings is 2. The second-order valence-electron chi connectivity index (χ2n) is 5.21. The van der Waals surface area contributed by atoms with Gasteiger partial charge in [-0.1, -0.05) is 12.1 Å². The number of rotatable bonds is 3. The molecule has 0 bridgehead atoms. The Labute approximate surface area is 120 Å². The fourth-order valence-electron chi connectivity index (χ4n) is 1.86. The Kier molecular flexibility index (Phi) is 4.02. The van der Waals surface area contributed by atoms with E-state index in [-0.39, 0.29) is 5.69 Å². The Hall–Kier alpha value is -2.30. The summed E-state index contributed by atoms with van der Waals surface area (Å²) in [6.45, 7) is 3.32. The lowest BCUT2D eigenvalue weighted by molar-refractivity contribution is -0.120. The second-order valence-corrected chi connectivity index (χ2v) is 5.21. The molecule has 2 aromatic rings. The van der Waals surface area contributed by atoms with Crippen molar-refractivity contribution in [2.24, 2.45) is 0 Å². The molecule has 0 saturated carbocycles. The van der Waals surface area contributed by atoms with Crippen molar-refractivity contribution in [3.8, 4) is 0 Å². The van der Waals surface area contributed by atoms with Crippen LogP contribution in [-0.4, -0.2) is 5.91 Å². The maximum absolute atomic E-state index is 13.1. The Morgan fingerprint density at radius 1 is 0.952 bits per heavy atom. The molecule has 1 amide bonds. The van der Waals surface area contributed by atoms with Crippen LogP contribution >= 0.6 is 0 Å². The first-order chi connectivity index (χ1) is 9.80. The van der Waals surface area contributed by atoms with Crippen molar-refractivity contribution in [1.29, 1.82) is 0 Å². The molecule has 5 heteroatoms. The second kappa shape index (κ2) is 5.60. The Bertz CT molecular complexity index is 666. The molecule has 1 N–H and O–H groups in total. The number of halogens is 3. The van der Waals surface area contributed by atoms with Crippen LogP contribution < -0.4 is 5.32 Å². The van der Waals surface area contributed by atoms with Crippen LogP contribution in [-0.2, 0) is 10.2 Å². The predicted molar refractivity (Wildman–Crippen MR) is 74.4 cm³/mol. The first-order valence-corrected chi connectivity index (χ1v) is 6.33. The fraction of sp³-hybridized carbons (Fsp3) is 0.188. The third kappa shape index (κ3) is 3.24. The molecule has 0 aromatic heterocycles.